The van der Waals surface area contributed by atoms with E-state index in [1.54, 1.807) is 12.1 Å². The zero-order valence-electron chi connectivity index (χ0n) is 16.3. The van der Waals surface area contributed by atoms with Gasteiger partial charge in [-0.05, 0) is 44.0 Å². The molecule has 2 aromatic carbocycles. The molecule has 0 aliphatic carbocycles. The predicted octanol–water partition coefficient (Wildman–Crippen LogP) is 3.92. The lowest BCUT2D eigenvalue weighted by molar-refractivity contribution is -0.120. The summed E-state index contributed by atoms with van der Waals surface area (Å²) in [7, 11) is 0. The van der Waals surface area contributed by atoms with Crippen molar-refractivity contribution in [2.24, 2.45) is 0 Å². The van der Waals surface area contributed by atoms with Crippen LogP contribution in [0.5, 0.6) is 0 Å². The van der Waals surface area contributed by atoms with Gasteiger partial charge in [-0.15, -0.1) is 0 Å². The zero-order valence-corrected chi connectivity index (χ0v) is 16.3. The number of aromatic nitrogens is 1. The summed E-state index contributed by atoms with van der Waals surface area (Å²) in [6, 6.07) is 10.6. The normalized spacial score (nSPS) is 10.9. The first-order valence-corrected chi connectivity index (χ1v) is 9.24. The van der Waals surface area contributed by atoms with Crippen LogP contribution in [0, 0.1) is 26.6 Å². The van der Waals surface area contributed by atoms with E-state index in [0.717, 1.165) is 28.1 Å². The largest absolute Gasteiger partial charge is 0.356 e. The monoisotopic (exact) mass is 381 g/mol. The Morgan fingerprint density at radius 2 is 1.86 bits per heavy atom. The van der Waals surface area contributed by atoms with Gasteiger partial charge >= 0.3 is 0 Å². The molecule has 3 N–H and O–H groups in total. The molecule has 2 amide bonds. The van der Waals surface area contributed by atoms with Crippen LogP contribution in [0.15, 0.2) is 36.4 Å². The molecule has 3 rings (SSSR count). The van der Waals surface area contributed by atoms with E-state index < -0.39 is 0 Å². The standard InChI is InChI=1S/C22H24FN3O2/c1-13-7-8-19(14(2)11-13)26-20(27)9-10-24-21(28)12-17-15(3)25-22-16(17)5-4-6-18(22)23/h4-8,11,25H,9-10,12H2,1-3H3,(H,24,28)(H,26,27). The summed E-state index contributed by atoms with van der Waals surface area (Å²) in [5.41, 5.74) is 4.86. The Kier molecular flexibility index (Phi) is 5.78. The van der Waals surface area contributed by atoms with Gasteiger partial charge in [-0.25, -0.2) is 4.39 Å². The van der Waals surface area contributed by atoms with E-state index in [2.05, 4.69) is 15.6 Å². The average molecular weight is 381 g/mol. The highest BCUT2D eigenvalue weighted by atomic mass is 19.1. The lowest BCUT2D eigenvalue weighted by atomic mass is 10.1. The highest BCUT2D eigenvalue weighted by Crippen LogP contribution is 2.24. The molecule has 0 fully saturated rings. The number of carbonyl (C=O) groups is 2. The molecule has 6 heteroatoms. The maximum atomic E-state index is 13.9. The number of aryl methyl sites for hydroxylation is 3. The van der Waals surface area contributed by atoms with Crippen LogP contribution in [0.3, 0.4) is 0 Å². The number of benzene rings is 2. The number of fused-ring (bicyclic) bond motifs is 1. The molecule has 146 valence electrons. The number of hydrogen-bond acceptors (Lipinski definition) is 2. The fraction of sp³-hybridized carbons (Fsp3) is 0.273. The quantitative estimate of drug-likeness (QED) is 0.605. The number of hydrogen-bond donors (Lipinski definition) is 3. The SMILES string of the molecule is Cc1ccc(NC(=O)CCNC(=O)Cc2c(C)[nH]c3c(F)cccc23)c(C)c1. The second kappa shape index (κ2) is 8.25. The van der Waals surface area contributed by atoms with Crippen LogP contribution in [0.2, 0.25) is 0 Å². The molecule has 1 heterocycles. The maximum Gasteiger partial charge on any atom is 0.226 e. The Hall–Kier alpha value is -3.15. The summed E-state index contributed by atoms with van der Waals surface area (Å²) < 4.78 is 13.9. The first kappa shape index (κ1) is 19.6. The molecule has 0 aliphatic heterocycles. The number of anilines is 1. The van der Waals surface area contributed by atoms with Crippen molar-refractivity contribution >= 4 is 28.4 Å². The number of amides is 2. The smallest absolute Gasteiger partial charge is 0.226 e. The number of rotatable bonds is 6. The molecule has 1 aromatic heterocycles. The molecule has 0 unspecified atom stereocenters. The van der Waals surface area contributed by atoms with Crippen molar-refractivity contribution in [2.45, 2.75) is 33.6 Å². The van der Waals surface area contributed by atoms with E-state index >= 15 is 0 Å². The second-order valence-corrected chi connectivity index (χ2v) is 7.03. The number of H-pyrrole nitrogens is 1. The highest BCUT2D eigenvalue weighted by molar-refractivity contribution is 5.93. The first-order valence-electron chi connectivity index (χ1n) is 9.24. The minimum absolute atomic E-state index is 0.133. The van der Waals surface area contributed by atoms with Gasteiger partial charge in [0, 0.05) is 29.7 Å². The van der Waals surface area contributed by atoms with Crippen molar-refractivity contribution in [3.05, 3.63) is 64.6 Å². The van der Waals surface area contributed by atoms with Crippen LogP contribution in [0.1, 0.15) is 28.8 Å². The van der Waals surface area contributed by atoms with Crippen molar-refractivity contribution in [3.8, 4) is 0 Å². The van der Waals surface area contributed by atoms with E-state index in [-0.39, 0.29) is 37.0 Å². The van der Waals surface area contributed by atoms with Gasteiger partial charge in [0.25, 0.3) is 0 Å². The fourth-order valence-electron chi connectivity index (χ4n) is 3.30. The van der Waals surface area contributed by atoms with Gasteiger partial charge in [0.05, 0.1) is 11.9 Å². The third kappa shape index (κ3) is 4.39. The number of carbonyl (C=O) groups excluding carboxylic acids is 2. The second-order valence-electron chi connectivity index (χ2n) is 7.03. The van der Waals surface area contributed by atoms with Gasteiger partial charge in [-0.1, -0.05) is 29.8 Å². The first-order chi connectivity index (χ1) is 13.3. The minimum Gasteiger partial charge on any atom is -0.356 e. The molecule has 0 atom stereocenters. The van der Waals surface area contributed by atoms with E-state index in [0.29, 0.717) is 10.9 Å². The number of halogens is 1. The van der Waals surface area contributed by atoms with Crippen LogP contribution in [-0.4, -0.2) is 23.3 Å². The summed E-state index contributed by atoms with van der Waals surface area (Å²) in [6.07, 6.45) is 0.314. The van der Waals surface area contributed by atoms with Crippen molar-refractivity contribution in [1.82, 2.24) is 10.3 Å². The Balaban J connectivity index is 1.53. The van der Waals surface area contributed by atoms with Gasteiger partial charge in [-0.2, -0.15) is 0 Å². The molecule has 0 saturated heterocycles. The van der Waals surface area contributed by atoms with Gasteiger partial charge in [0.1, 0.15) is 5.82 Å². The highest BCUT2D eigenvalue weighted by Gasteiger charge is 2.14. The Bertz CT molecular complexity index is 1040. The molecule has 28 heavy (non-hydrogen) atoms. The molecular formula is C22H24FN3O2. The van der Waals surface area contributed by atoms with Gasteiger partial charge < -0.3 is 15.6 Å². The molecule has 0 saturated carbocycles. The Labute approximate surface area is 163 Å². The summed E-state index contributed by atoms with van der Waals surface area (Å²) >= 11 is 0. The van der Waals surface area contributed by atoms with Crippen LogP contribution < -0.4 is 10.6 Å². The van der Waals surface area contributed by atoms with Crippen LogP contribution in [0.25, 0.3) is 10.9 Å². The van der Waals surface area contributed by atoms with Gasteiger partial charge in [0.2, 0.25) is 11.8 Å². The molecule has 3 aromatic rings. The van der Waals surface area contributed by atoms with E-state index in [1.165, 1.54) is 6.07 Å². The summed E-state index contributed by atoms with van der Waals surface area (Å²) in [5.74, 6) is -0.694. The lowest BCUT2D eigenvalue weighted by Gasteiger charge is -2.10. The van der Waals surface area contributed by atoms with Crippen molar-refractivity contribution in [3.63, 3.8) is 0 Å². The molecule has 0 spiro atoms. The van der Waals surface area contributed by atoms with Crippen LogP contribution >= 0.6 is 0 Å². The number of nitrogens with one attached hydrogen (secondary N) is 3. The maximum absolute atomic E-state index is 13.9. The zero-order chi connectivity index (χ0) is 20.3. The van der Waals surface area contributed by atoms with Crippen LogP contribution in [-0.2, 0) is 16.0 Å². The predicted molar refractivity (Wildman–Crippen MR) is 109 cm³/mol. The van der Waals surface area contributed by atoms with Gasteiger partial charge in [0.15, 0.2) is 0 Å². The van der Waals surface area contributed by atoms with Crippen molar-refractivity contribution in [2.75, 3.05) is 11.9 Å². The number of aromatic amines is 1. The molecule has 0 radical (unpaired) electrons. The molecule has 0 aliphatic rings. The average Bonchev–Trinajstić information content (AvgIpc) is 2.95. The van der Waals surface area contributed by atoms with Crippen molar-refractivity contribution < 1.29 is 14.0 Å². The topological polar surface area (TPSA) is 74.0 Å². The third-order valence-electron chi connectivity index (χ3n) is 4.77. The van der Waals surface area contributed by atoms with Crippen molar-refractivity contribution in [1.29, 1.82) is 0 Å². The Morgan fingerprint density at radius 1 is 1.07 bits per heavy atom. The summed E-state index contributed by atoms with van der Waals surface area (Å²) in [5, 5.41) is 6.33. The summed E-state index contributed by atoms with van der Waals surface area (Å²) in [6.45, 7) is 6.00. The number of para-hydroxylation sites is 1. The molecule has 0 bridgehead atoms. The van der Waals surface area contributed by atoms with Gasteiger partial charge in [-0.3, -0.25) is 9.59 Å². The third-order valence-corrected chi connectivity index (χ3v) is 4.77. The van der Waals surface area contributed by atoms with E-state index in [9.17, 15) is 14.0 Å². The van der Waals surface area contributed by atoms with E-state index in [4.69, 9.17) is 0 Å². The summed E-state index contributed by atoms with van der Waals surface area (Å²) in [4.78, 5) is 27.4. The van der Waals surface area contributed by atoms with Crippen LogP contribution in [0.4, 0.5) is 10.1 Å². The fourth-order valence-corrected chi connectivity index (χ4v) is 3.30. The Morgan fingerprint density at radius 3 is 2.61 bits per heavy atom. The molecule has 5 nitrogen and oxygen atoms in total. The van der Waals surface area contributed by atoms with E-state index in [1.807, 2.05) is 39.0 Å². The lowest BCUT2D eigenvalue weighted by Crippen LogP contribution is -2.29. The molecular weight excluding hydrogens is 357 g/mol. The minimum atomic E-state index is -0.338.